The average Bonchev–Trinajstić information content (AvgIpc) is 2.46. The molecule has 2 N–H and O–H groups in total. The van der Waals surface area contributed by atoms with Crippen molar-refractivity contribution >= 4 is 35.2 Å². The first-order chi connectivity index (χ1) is 9.97. The van der Waals surface area contributed by atoms with Crippen LogP contribution in [0.25, 0.3) is 0 Å². The number of urea groups is 1. The number of carbonyl (C=O) groups excluding carboxylic acids is 1. The number of hydrogen-bond donors (Lipinski definition) is 2. The molecule has 0 unspecified atom stereocenters. The highest BCUT2D eigenvalue weighted by atomic mass is 32.2. The molecule has 2 amide bonds. The predicted octanol–water partition coefficient (Wildman–Crippen LogP) is 3.68. The van der Waals surface area contributed by atoms with Gasteiger partial charge in [-0.3, -0.25) is 0 Å². The first-order valence-corrected chi connectivity index (χ1v) is 8.57. The Morgan fingerprint density at radius 1 is 1.29 bits per heavy atom. The molecular formula is C13H15F3N2OS2. The molecule has 1 heterocycles. The standard InChI is InChI=1S/C13H15F3N2OS2/c14-13(15,16)10-3-1-2-4-11(10)18-12(19)17-7-9-8-20-5-6-21-9/h1-4,9H,5-8H2,(H2,17,18,19)/t9-/m0/s1. The molecule has 0 bridgehead atoms. The van der Waals surface area contributed by atoms with Gasteiger partial charge in [-0.1, -0.05) is 12.1 Å². The van der Waals surface area contributed by atoms with E-state index in [1.165, 1.54) is 18.2 Å². The molecule has 0 radical (unpaired) electrons. The van der Waals surface area contributed by atoms with Gasteiger partial charge in [0.2, 0.25) is 0 Å². The molecule has 0 aliphatic carbocycles. The van der Waals surface area contributed by atoms with Crippen molar-refractivity contribution in [1.82, 2.24) is 5.32 Å². The van der Waals surface area contributed by atoms with Crippen LogP contribution in [0.15, 0.2) is 24.3 Å². The molecule has 0 spiro atoms. The molecule has 8 heteroatoms. The number of carbonyl (C=O) groups is 1. The van der Waals surface area contributed by atoms with E-state index in [9.17, 15) is 18.0 Å². The number of para-hydroxylation sites is 1. The molecule has 21 heavy (non-hydrogen) atoms. The van der Waals surface area contributed by atoms with Crippen LogP contribution in [-0.2, 0) is 6.18 Å². The molecule has 1 saturated heterocycles. The van der Waals surface area contributed by atoms with Crippen molar-refractivity contribution in [3.63, 3.8) is 0 Å². The number of hydrogen-bond acceptors (Lipinski definition) is 3. The molecule has 1 aliphatic heterocycles. The van der Waals surface area contributed by atoms with Crippen LogP contribution in [0.1, 0.15) is 5.56 Å². The number of alkyl halides is 3. The maximum absolute atomic E-state index is 12.8. The maximum Gasteiger partial charge on any atom is 0.418 e. The van der Waals surface area contributed by atoms with Crippen molar-refractivity contribution in [2.45, 2.75) is 11.4 Å². The Hall–Kier alpha value is -1.02. The largest absolute Gasteiger partial charge is 0.418 e. The third kappa shape index (κ3) is 5.03. The number of nitrogens with one attached hydrogen (secondary N) is 2. The summed E-state index contributed by atoms with van der Waals surface area (Å²) in [5, 5.41) is 5.21. The Labute approximate surface area is 129 Å². The van der Waals surface area contributed by atoms with Crippen LogP contribution in [0, 0.1) is 0 Å². The average molecular weight is 336 g/mol. The second-order valence-electron chi connectivity index (χ2n) is 4.45. The van der Waals surface area contributed by atoms with Gasteiger partial charge in [-0.05, 0) is 12.1 Å². The van der Waals surface area contributed by atoms with E-state index in [0.717, 1.165) is 23.3 Å². The van der Waals surface area contributed by atoms with Crippen molar-refractivity contribution in [2.75, 3.05) is 29.1 Å². The highest BCUT2D eigenvalue weighted by Gasteiger charge is 2.33. The van der Waals surface area contributed by atoms with E-state index in [2.05, 4.69) is 10.6 Å². The first kappa shape index (κ1) is 16.4. The molecule has 1 aliphatic rings. The summed E-state index contributed by atoms with van der Waals surface area (Å²) in [6.07, 6.45) is -4.49. The zero-order chi connectivity index (χ0) is 15.3. The van der Waals surface area contributed by atoms with Gasteiger partial charge < -0.3 is 10.6 Å². The minimum absolute atomic E-state index is 0.229. The lowest BCUT2D eigenvalue weighted by Crippen LogP contribution is -2.36. The van der Waals surface area contributed by atoms with E-state index in [4.69, 9.17) is 0 Å². The first-order valence-electron chi connectivity index (χ1n) is 6.37. The number of anilines is 1. The van der Waals surface area contributed by atoms with E-state index in [-0.39, 0.29) is 5.69 Å². The summed E-state index contributed by atoms with van der Waals surface area (Å²) in [7, 11) is 0. The Balaban J connectivity index is 1.90. The van der Waals surface area contributed by atoms with Gasteiger partial charge in [0.25, 0.3) is 0 Å². The fourth-order valence-corrected chi connectivity index (χ4v) is 4.48. The van der Waals surface area contributed by atoms with Gasteiger partial charge in [-0.2, -0.15) is 36.7 Å². The lowest BCUT2D eigenvalue weighted by atomic mass is 10.1. The van der Waals surface area contributed by atoms with Crippen LogP contribution in [0.4, 0.5) is 23.7 Å². The molecule has 2 rings (SSSR count). The lowest BCUT2D eigenvalue weighted by molar-refractivity contribution is -0.136. The van der Waals surface area contributed by atoms with Crippen LogP contribution in [0.3, 0.4) is 0 Å². The summed E-state index contributed by atoms with van der Waals surface area (Å²) in [5.74, 6) is 3.09. The lowest BCUT2D eigenvalue weighted by Gasteiger charge is -2.21. The van der Waals surface area contributed by atoms with Crippen molar-refractivity contribution in [1.29, 1.82) is 0 Å². The molecular weight excluding hydrogens is 321 g/mol. The number of halogens is 3. The number of benzene rings is 1. The van der Waals surface area contributed by atoms with Crippen LogP contribution in [-0.4, -0.2) is 35.1 Å². The quantitative estimate of drug-likeness (QED) is 0.885. The highest BCUT2D eigenvalue weighted by molar-refractivity contribution is 8.06. The van der Waals surface area contributed by atoms with Crippen LogP contribution in [0.2, 0.25) is 0 Å². The fourth-order valence-electron chi connectivity index (χ4n) is 1.87. The minimum atomic E-state index is -4.49. The second kappa shape index (κ2) is 7.31. The highest BCUT2D eigenvalue weighted by Crippen LogP contribution is 2.34. The predicted molar refractivity (Wildman–Crippen MR) is 82.0 cm³/mol. The normalized spacial score (nSPS) is 19.1. The summed E-state index contributed by atoms with van der Waals surface area (Å²) in [6, 6.07) is 4.33. The van der Waals surface area contributed by atoms with Crippen LogP contribution < -0.4 is 10.6 Å². The van der Waals surface area contributed by atoms with Gasteiger partial charge in [0.15, 0.2) is 0 Å². The van der Waals surface area contributed by atoms with Crippen molar-refractivity contribution in [3.8, 4) is 0 Å². The van der Waals surface area contributed by atoms with Crippen molar-refractivity contribution in [2.24, 2.45) is 0 Å². The van der Waals surface area contributed by atoms with Gasteiger partial charge in [0, 0.05) is 29.1 Å². The number of rotatable bonds is 3. The molecule has 0 aromatic heterocycles. The van der Waals surface area contributed by atoms with Crippen molar-refractivity contribution in [3.05, 3.63) is 29.8 Å². The topological polar surface area (TPSA) is 41.1 Å². The third-order valence-electron chi connectivity index (χ3n) is 2.86. The summed E-state index contributed by atoms with van der Waals surface area (Å²) in [4.78, 5) is 11.7. The van der Waals surface area contributed by atoms with E-state index in [1.54, 1.807) is 11.8 Å². The monoisotopic (exact) mass is 336 g/mol. The smallest absolute Gasteiger partial charge is 0.337 e. The van der Waals surface area contributed by atoms with E-state index in [1.807, 2.05) is 11.8 Å². The molecule has 1 aromatic carbocycles. The Morgan fingerprint density at radius 2 is 2.05 bits per heavy atom. The molecule has 1 fully saturated rings. The summed E-state index contributed by atoms with van der Waals surface area (Å²) in [6.45, 7) is 0.456. The fraction of sp³-hybridized carbons (Fsp3) is 0.462. The number of amides is 2. The van der Waals surface area contributed by atoms with Gasteiger partial charge in [0.1, 0.15) is 0 Å². The minimum Gasteiger partial charge on any atom is -0.337 e. The molecule has 1 aromatic rings. The van der Waals surface area contributed by atoms with E-state index < -0.39 is 17.8 Å². The molecule has 1 atom stereocenters. The molecule has 0 saturated carbocycles. The van der Waals surface area contributed by atoms with Gasteiger partial charge in [-0.25, -0.2) is 4.79 Å². The Morgan fingerprint density at radius 3 is 2.71 bits per heavy atom. The van der Waals surface area contributed by atoms with Gasteiger partial charge >= 0.3 is 12.2 Å². The second-order valence-corrected chi connectivity index (χ2v) is 7.00. The number of thioether (sulfide) groups is 2. The van der Waals surface area contributed by atoms with Gasteiger partial charge in [0.05, 0.1) is 11.3 Å². The zero-order valence-electron chi connectivity index (χ0n) is 11.1. The van der Waals surface area contributed by atoms with Crippen LogP contribution in [0.5, 0.6) is 0 Å². The third-order valence-corrected chi connectivity index (χ3v) is 5.70. The van der Waals surface area contributed by atoms with Gasteiger partial charge in [-0.15, -0.1) is 0 Å². The summed E-state index contributed by atoms with van der Waals surface area (Å²) < 4.78 is 38.4. The summed E-state index contributed by atoms with van der Waals surface area (Å²) >= 11 is 3.60. The Bertz CT molecular complexity index is 491. The van der Waals surface area contributed by atoms with Crippen molar-refractivity contribution < 1.29 is 18.0 Å². The Kier molecular flexibility index (Phi) is 5.69. The maximum atomic E-state index is 12.8. The summed E-state index contributed by atoms with van der Waals surface area (Å²) in [5.41, 5.74) is -1.07. The molecule has 116 valence electrons. The SMILES string of the molecule is O=C(NC[C@H]1CSCCS1)Nc1ccccc1C(F)(F)F. The van der Waals surface area contributed by atoms with E-state index >= 15 is 0 Å². The van der Waals surface area contributed by atoms with Crippen LogP contribution >= 0.6 is 23.5 Å². The van der Waals surface area contributed by atoms with E-state index in [0.29, 0.717) is 11.8 Å². The zero-order valence-corrected chi connectivity index (χ0v) is 12.7. The molecule has 3 nitrogen and oxygen atoms in total.